The summed E-state index contributed by atoms with van der Waals surface area (Å²) in [6.07, 6.45) is -0.965. The molecule has 0 bridgehead atoms. The molecule has 27 heavy (non-hydrogen) atoms. The first-order chi connectivity index (χ1) is 12.8. The Bertz CT molecular complexity index is 1070. The molecule has 0 amide bonds. The first-order valence-corrected chi connectivity index (χ1v) is 8.78. The molecule has 1 unspecified atom stereocenters. The Morgan fingerprint density at radius 3 is 2.37 bits per heavy atom. The van der Waals surface area contributed by atoms with Gasteiger partial charge in [-0.2, -0.15) is 0 Å². The van der Waals surface area contributed by atoms with Gasteiger partial charge in [0.2, 0.25) is 11.2 Å². The van der Waals surface area contributed by atoms with Crippen LogP contribution in [0.5, 0.6) is 5.75 Å². The maximum absolute atomic E-state index is 13.1. The van der Waals surface area contributed by atoms with Gasteiger partial charge < -0.3 is 13.9 Å². The molecule has 0 saturated heterocycles. The van der Waals surface area contributed by atoms with Crippen LogP contribution < -0.4 is 10.2 Å². The van der Waals surface area contributed by atoms with Gasteiger partial charge in [0, 0.05) is 10.6 Å². The molecule has 0 saturated carbocycles. The Morgan fingerprint density at radius 2 is 1.74 bits per heavy atom. The van der Waals surface area contributed by atoms with Crippen LogP contribution in [-0.2, 0) is 9.53 Å². The predicted molar refractivity (Wildman–Crippen MR) is 105 cm³/mol. The van der Waals surface area contributed by atoms with Gasteiger partial charge in [-0.3, -0.25) is 4.79 Å². The SMILES string of the molecule is COC(=O)C(C)Oc1c(-c2ccc(Cl)cc2)oc2cc(C)c(C)cc2c1=O. The number of methoxy groups -OCH3 is 1. The summed E-state index contributed by atoms with van der Waals surface area (Å²) in [5.41, 5.74) is 2.68. The minimum Gasteiger partial charge on any atom is -0.471 e. The lowest BCUT2D eigenvalue weighted by Crippen LogP contribution is -2.27. The van der Waals surface area contributed by atoms with Crippen molar-refractivity contribution in [3.05, 3.63) is 62.8 Å². The van der Waals surface area contributed by atoms with Crippen LogP contribution in [0, 0.1) is 13.8 Å². The van der Waals surface area contributed by atoms with Crippen LogP contribution in [0.2, 0.25) is 5.02 Å². The number of benzene rings is 2. The van der Waals surface area contributed by atoms with E-state index in [9.17, 15) is 9.59 Å². The van der Waals surface area contributed by atoms with Crippen molar-refractivity contribution >= 4 is 28.5 Å². The van der Waals surface area contributed by atoms with Gasteiger partial charge in [-0.1, -0.05) is 11.6 Å². The van der Waals surface area contributed by atoms with Crippen molar-refractivity contribution in [1.29, 1.82) is 0 Å². The van der Waals surface area contributed by atoms with E-state index in [2.05, 4.69) is 0 Å². The molecule has 1 heterocycles. The number of hydrogen-bond acceptors (Lipinski definition) is 5. The van der Waals surface area contributed by atoms with Crippen LogP contribution in [0.3, 0.4) is 0 Å². The Labute approximate surface area is 161 Å². The number of rotatable bonds is 4. The third-order valence-corrected chi connectivity index (χ3v) is 4.65. The Morgan fingerprint density at radius 1 is 1.11 bits per heavy atom. The largest absolute Gasteiger partial charge is 0.471 e. The second-order valence-electron chi connectivity index (χ2n) is 6.31. The molecule has 3 rings (SSSR count). The second kappa shape index (κ2) is 7.45. The highest BCUT2D eigenvalue weighted by molar-refractivity contribution is 6.30. The van der Waals surface area contributed by atoms with Gasteiger partial charge in [-0.05, 0) is 68.3 Å². The molecular formula is C21H19ClO5. The highest BCUT2D eigenvalue weighted by Crippen LogP contribution is 2.33. The van der Waals surface area contributed by atoms with Crippen molar-refractivity contribution in [3.63, 3.8) is 0 Å². The van der Waals surface area contributed by atoms with E-state index in [0.29, 0.717) is 21.6 Å². The first kappa shape index (κ1) is 19.0. The first-order valence-electron chi connectivity index (χ1n) is 8.40. The van der Waals surface area contributed by atoms with Crippen LogP contribution in [0.1, 0.15) is 18.1 Å². The van der Waals surface area contributed by atoms with Gasteiger partial charge in [0.15, 0.2) is 11.9 Å². The number of carbonyl (C=O) groups is 1. The molecule has 0 radical (unpaired) electrons. The molecular weight excluding hydrogens is 368 g/mol. The summed E-state index contributed by atoms with van der Waals surface area (Å²) in [7, 11) is 1.26. The number of aryl methyl sites for hydroxylation is 2. The maximum atomic E-state index is 13.1. The smallest absolute Gasteiger partial charge is 0.346 e. The minimum atomic E-state index is -0.965. The molecule has 0 spiro atoms. The Kier molecular flexibility index (Phi) is 5.24. The molecule has 0 aliphatic heterocycles. The zero-order valence-corrected chi connectivity index (χ0v) is 16.2. The highest BCUT2D eigenvalue weighted by atomic mass is 35.5. The minimum absolute atomic E-state index is 0.0361. The van der Waals surface area contributed by atoms with E-state index in [1.165, 1.54) is 14.0 Å². The van der Waals surface area contributed by atoms with Gasteiger partial charge in [0.05, 0.1) is 12.5 Å². The molecule has 1 aromatic heterocycles. The predicted octanol–water partition coefficient (Wildman–Crippen LogP) is 4.67. The molecule has 0 N–H and O–H groups in total. The lowest BCUT2D eigenvalue weighted by molar-refractivity contribution is -0.147. The fraction of sp³-hybridized carbons (Fsp3) is 0.238. The van der Waals surface area contributed by atoms with E-state index in [1.54, 1.807) is 30.3 Å². The molecule has 0 fully saturated rings. The zero-order chi connectivity index (χ0) is 19.7. The lowest BCUT2D eigenvalue weighted by Gasteiger charge is -2.16. The lowest BCUT2D eigenvalue weighted by atomic mass is 10.0. The summed E-state index contributed by atoms with van der Waals surface area (Å²) in [5.74, 6) is -0.384. The average Bonchev–Trinajstić information content (AvgIpc) is 2.65. The number of ether oxygens (including phenoxy) is 2. The molecule has 1 atom stereocenters. The van der Waals surface area contributed by atoms with E-state index >= 15 is 0 Å². The summed E-state index contributed by atoms with van der Waals surface area (Å²) < 4.78 is 16.4. The number of fused-ring (bicyclic) bond motifs is 1. The molecule has 140 valence electrons. The average molecular weight is 387 g/mol. The number of halogens is 1. The molecule has 6 heteroatoms. The van der Waals surface area contributed by atoms with E-state index < -0.39 is 12.1 Å². The summed E-state index contributed by atoms with van der Waals surface area (Å²) >= 11 is 5.96. The summed E-state index contributed by atoms with van der Waals surface area (Å²) in [6, 6.07) is 10.4. The third kappa shape index (κ3) is 3.69. The summed E-state index contributed by atoms with van der Waals surface area (Å²) in [6.45, 7) is 5.38. The number of esters is 1. The van der Waals surface area contributed by atoms with Crippen molar-refractivity contribution < 1.29 is 18.7 Å². The topological polar surface area (TPSA) is 65.7 Å². The van der Waals surface area contributed by atoms with Crippen LogP contribution in [0.15, 0.2) is 45.6 Å². The van der Waals surface area contributed by atoms with Crippen molar-refractivity contribution in [3.8, 4) is 17.1 Å². The van der Waals surface area contributed by atoms with E-state index in [0.717, 1.165) is 11.1 Å². The fourth-order valence-corrected chi connectivity index (χ4v) is 2.85. The maximum Gasteiger partial charge on any atom is 0.346 e. The molecule has 3 aromatic rings. The van der Waals surface area contributed by atoms with Gasteiger partial charge in [0.1, 0.15) is 5.58 Å². The molecule has 0 aliphatic carbocycles. The van der Waals surface area contributed by atoms with E-state index in [4.69, 9.17) is 25.5 Å². The summed E-state index contributed by atoms with van der Waals surface area (Å²) in [4.78, 5) is 24.9. The van der Waals surface area contributed by atoms with Crippen LogP contribution in [-0.4, -0.2) is 19.2 Å². The van der Waals surface area contributed by atoms with Crippen molar-refractivity contribution in [2.45, 2.75) is 26.9 Å². The van der Waals surface area contributed by atoms with Crippen molar-refractivity contribution in [1.82, 2.24) is 0 Å². The summed E-state index contributed by atoms with van der Waals surface area (Å²) in [5, 5.41) is 0.946. The van der Waals surface area contributed by atoms with Gasteiger partial charge in [-0.25, -0.2) is 4.79 Å². The third-order valence-electron chi connectivity index (χ3n) is 4.40. The molecule has 0 aliphatic rings. The van der Waals surface area contributed by atoms with Crippen LogP contribution in [0.4, 0.5) is 0 Å². The number of hydrogen-bond donors (Lipinski definition) is 0. The van der Waals surface area contributed by atoms with Crippen LogP contribution >= 0.6 is 11.6 Å². The van der Waals surface area contributed by atoms with Gasteiger partial charge in [0.25, 0.3) is 0 Å². The van der Waals surface area contributed by atoms with Crippen LogP contribution in [0.25, 0.3) is 22.3 Å². The van der Waals surface area contributed by atoms with Gasteiger partial charge in [-0.15, -0.1) is 0 Å². The second-order valence-corrected chi connectivity index (χ2v) is 6.75. The van der Waals surface area contributed by atoms with E-state index in [1.807, 2.05) is 19.9 Å². The van der Waals surface area contributed by atoms with Crippen molar-refractivity contribution in [2.24, 2.45) is 0 Å². The van der Waals surface area contributed by atoms with E-state index in [-0.39, 0.29) is 16.9 Å². The fourth-order valence-electron chi connectivity index (χ4n) is 2.72. The Balaban J connectivity index is 2.28. The molecule has 2 aromatic carbocycles. The monoisotopic (exact) mass is 386 g/mol. The van der Waals surface area contributed by atoms with Gasteiger partial charge >= 0.3 is 5.97 Å². The van der Waals surface area contributed by atoms with Crippen molar-refractivity contribution in [2.75, 3.05) is 7.11 Å². The quantitative estimate of drug-likeness (QED) is 0.609. The Hall–Kier alpha value is -2.79. The normalized spacial score (nSPS) is 12.0. The highest BCUT2D eigenvalue weighted by Gasteiger charge is 2.23. The molecule has 5 nitrogen and oxygen atoms in total. The number of carbonyl (C=O) groups excluding carboxylic acids is 1. The standard InChI is InChI=1S/C21H19ClO5/c1-11-9-16-17(10-12(11)2)27-19(14-5-7-15(22)8-6-14)20(18(16)23)26-13(3)21(24)25-4/h5-10,13H,1-4H3. The zero-order valence-electron chi connectivity index (χ0n) is 15.5.